The second-order valence-corrected chi connectivity index (χ2v) is 15.1. The summed E-state index contributed by atoms with van der Waals surface area (Å²) < 4.78 is 31.3. The minimum absolute atomic E-state index is 0.0122. The molecule has 6 nitrogen and oxygen atoms in total. The number of carbonyl (C=O) groups is 2. The Hall–Kier alpha value is -2.61. The van der Waals surface area contributed by atoms with Crippen LogP contribution in [0, 0.1) is 17.8 Å². The third-order valence-corrected chi connectivity index (χ3v) is 9.83. The molecule has 0 fully saturated rings. The molecule has 0 amide bonds. The lowest BCUT2D eigenvalue weighted by Crippen LogP contribution is -2.43. The average molecular weight is 603 g/mol. The van der Waals surface area contributed by atoms with Gasteiger partial charge in [-0.2, -0.15) is 8.42 Å². The molecule has 0 saturated carbocycles. The first-order valence-electron chi connectivity index (χ1n) is 13.3. The van der Waals surface area contributed by atoms with Crippen LogP contribution in [0.2, 0.25) is 10.0 Å². The summed E-state index contributed by atoms with van der Waals surface area (Å²) in [5, 5.41) is -0.0396. The third-order valence-electron chi connectivity index (χ3n) is 8.04. The van der Waals surface area contributed by atoms with E-state index in [-0.39, 0.29) is 43.1 Å². The molecule has 0 saturated heterocycles. The van der Waals surface area contributed by atoms with Gasteiger partial charge in [0, 0.05) is 48.3 Å². The zero-order valence-electron chi connectivity index (χ0n) is 23.5. The summed E-state index contributed by atoms with van der Waals surface area (Å²) >= 11 is 13.3. The van der Waals surface area contributed by atoms with E-state index >= 15 is 0 Å². The zero-order valence-corrected chi connectivity index (χ0v) is 25.9. The minimum Gasteiger partial charge on any atom is -0.376 e. The van der Waals surface area contributed by atoms with Crippen molar-refractivity contribution in [2.45, 2.75) is 71.1 Å². The van der Waals surface area contributed by atoms with Crippen molar-refractivity contribution in [3.05, 3.63) is 80.1 Å². The summed E-state index contributed by atoms with van der Waals surface area (Å²) in [7, 11) is -2.26. The first kappa shape index (κ1) is 28.9. The van der Waals surface area contributed by atoms with Crippen LogP contribution in [0.25, 0.3) is 0 Å². The molecular formula is C31H33Cl2NO5S. The van der Waals surface area contributed by atoms with Gasteiger partial charge in [0.1, 0.15) is 4.90 Å². The van der Waals surface area contributed by atoms with Crippen molar-refractivity contribution in [1.82, 2.24) is 4.90 Å². The predicted octanol–water partition coefficient (Wildman–Crippen LogP) is 7.38. The second-order valence-electron chi connectivity index (χ2n) is 12.8. The van der Waals surface area contributed by atoms with Crippen LogP contribution in [0.5, 0.6) is 5.75 Å². The Morgan fingerprint density at radius 2 is 1.27 bits per heavy atom. The van der Waals surface area contributed by atoms with E-state index in [4.69, 9.17) is 27.4 Å². The van der Waals surface area contributed by atoms with Crippen LogP contribution in [-0.2, 0) is 19.7 Å². The van der Waals surface area contributed by atoms with Crippen LogP contribution in [0.4, 0.5) is 0 Å². The summed E-state index contributed by atoms with van der Waals surface area (Å²) in [5.74, 6) is -0.869. The molecule has 3 aliphatic rings. The molecular weight excluding hydrogens is 569 g/mol. The number of carbonyl (C=O) groups excluding carboxylic acids is 2. The van der Waals surface area contributed by atoms with Crippen LogP contribution >= 0.6 is 23.2 Å². The molecule has 0 N–H and O–H groups in total. The fraction of sp³-hybridized carbons (Fsp3) is 0.419. The Bertz CT molecular complexity index is 1540. The number of ketones is 2. The molecule has 0 atom stereocenters. The van der Waals surface area contributed by atoms with E-state index in [0.29, 0.717) is 42.4 Å². The van der Waals surface area contributed by atoms with Crippen molar-refractivity contribution in [2.24, 2.45) is 10.8 Å². The molecule has 0 aromatic heterocycles. The van der Waals surface area contributed by atoms with Crippen molar-refractivity contribution in [3.63, 3.8) is 0 Å². The van der Waals surface area contributed by atoms with Gasteiger partial charge in [0.15, 0.2) is 17.3 Å². The van der Waals surface area contributed by atoms with Gasteiger partial charge in [-0.1, -0.05) is 68.6 Å². The SMILES string of the molecule is Cc1ccc(S(=O)(=O)Oc2c(Cl)cc(C3C4=C(CC(C)(C)CC4=O)N(C)C4=C3C(=O)CC(C)(C)C4)cc2Cl)cc1. The van der Waals surface area contributed by atoms with Gasteiger partial charge in [-0.05, 0) is 60.4 Å². The molecule has 1 heterocycles. The van der Waals surface area contributed by atoms with Crippen LogP contribution in [0.1, 0.15) is 70.4 Å². The Morgan fingerprint density at radius 1 is 0.825 bits per heavy atom. The fourth-order valence-electron chi connectivity index (χ4n) is 6.19. The summed E-state index contributed by atoms with van der Waals surface area (Å²) in [6, 6.07) is 9.38. The van der Waals surface area contributed by atoms with Gasteiger partial charge in [-0.15, -0.1) is 0 Å². The molecule has 212 valence electrons. The number of benzene rings is 2. The van der Waals surface area contributed by atoms with Gasteiger partial charge in [0.05, 0.1) is 10.0 Å². The zero-order chi connectivity index (χ0) is 29.4. The molecule has 0 unspecified atom stereocenters. The number of rotatable bonds is 4. The van der Waals surface area contributed by atoms with Crippen molar-refractivity contribution in [2.75, 3.05) is 7.05 Å². The molecule has 0 radical (unpaired) electrons. The molecule has 1 aliphatic heterocycles. The van der Waals surface area contributed by atoms with Gasteiger partial charge in [0.2, 0.25) is 0 Å². The highest BCUT2D eigenvalue weighted by molar-refractivity contribution is 7.87. The van der Waals surface area contributed by atoms with Gasteiger partial charge < -0.3 is 9.08 Å². The number of halogens is 2. The molecule has 2 aromatic rings. The third kappa shape index (κ3) is 5.12. The number of aryl methyl sites for hydroxylation is 1. The lowest BCUT2D eigenvalue weighted by atomic mass is 9.64. The maximum absolute atomic E-state index is 13.7. The van der Waals surface area contributed by atoms with Crippen molar-refractivity contribution in [3.8, 4) is 5.75 Å². The van der Waals surface area contributed by atoms with E-state index in [1.165, 1.54) is 12.1 Å². The maximum Gasteiger partial charge on any atom is 0.339 e. The highest BCUT2D eigenvalue weighted by Gasteiger charge is 2.48. The van der Waals surface area contributed by atoms with E-state index in [1.807, 2.05) is 18.9 Å². The first-order chi connectivity index (χ1) is 18.5. The van der Waals surface area contributed by atoms with Crippen molar-refractivity contribution >= 4 is 44.9 Å². The van der Waals surface area contributed by atoms with Crippen LogP contribution < -0.4 is 4.18 Å². The summed E-state index contributed by atoms with van der Waals surface area (Å²) in [6.45, 7) is 10.2. The second kappa shape index (κ2) is 9.74. The summed E-state index contributed by atoms with van der Waals surface area (Å²) in [6.07, 6.45) is 2.08. The minimum atomic E-state index is -4.20. The number of hydrogen-bond donors (Lipinski definition) is 0. The molecule has 0 bridgehead atoms. The lowest BCUT2D eigenvalue weighted by molar-refractivity contribution is -0.119. The van der Waals surface area contributed by atoms with Crippen molar-refractivity contribution < 1.29 is 22.2 Å². The number of allylic oxidation sites excluding steroid dienone is 4. The molecule has 2 aromatic carbocycles. The number of hydrogen-bond acceptors (Lipinski definition) is 6. The predicted molar refractivity (Wildman–Crippen MR) is 156 cm³/mol. The van der Waals surface area contributed by atoms with E-state index in [0.717, 1.165) is 17.0 Å². The van der Waals surface area contributed by atoms with Crippen molar-refractivity contribution in [1.29, 1.82) is 0 Å². The summed E-state index contributed by atoms with van der Waals surface area (Å²) in [5.41, 5.74) is 4.00. The maximum atomic E-state index is 13.7. The highest BCUT2D eigenvalue weighted by atomic mass is 35.5. The molecule has 2 aliphatic carbocycles. The van der Waals surface area contributed by atoms with Gasteiger partial charge >= 0.3 is 10.1 Å². The first-order valence-corrected chi connectivity index (χ1v) is 15.4. The van der Waals surface area contributed by atoms with Gasteiger partial charge in [-0.25, -0.2) is 0 Å². The van der Waals surface area contributed by atoms with E-state index < -0.39 is 16.0 Å². The molecule has 40 heavy (non-hydrogen) atoms. The molecule has 5 rings (SSSR count). The average Bonchev–Trinajstić information content (AvgIpc) is 2.81. The van der Waals surface area contributed by atoms with Gasteiger partial charge in [-0.3, -0.25) is 9.59 Å². The Kier molecular flexibility index (Phi) is 7.04. The van der Waals surface area contributed by atoms with Crippen LogP contribution in [-0.4, -0.2) is 31.9 Å². The van der Waals surface area contributed by atoms with Gasteiger partial charge in [0.25, 0.3) is 0 Å². The Balaban J connectivity index is 1.64. The Labute approximate surface area is 246 Å². The highest BCUT2D eigenvalue weighted by Crippen LogP contribution is 2.54. The molecule has 9 heteroatoms. The van der Waals surface area contributed by atoms with E-state index in [2.05, 4.69) is 27.7 Å². The lowest BCUT2D eigenvalue weighted by Gasteiger charge is -2.48. The Morgan fingerprint density at radius 3 is 1.73 bits per heavy atom. The standard InChI is InChI=1S/C31H33Cl2NO5S/c1-17-7-9-19(10-8-17)40(37,38)39-29-20(32)11-18(12-21(29)33)26-27-22(13-30(2,3)15-24(27)35)34(6)23-14-31(4,5)16-25(36)28(23)26/h7-12,26H,13-16H2,1-6H3. The normalized spacial score (nSPS) is 20.9. The smallest absolute Gasteiger partial charge is 0.339 e. The summed E-state index contributed by atoms with van der Waals surface area (Å²) in [4.78, 5) is 29.4. The monoisotopic (exact) mass is 601 g/mol. The molecule has 0 spiro atoms. The van der Waals surface area contributed by atoms with Crippen LogP contribution in [0.15, 0.2) is 63.8 Å². The topological polar surface area (TPSA) is 80.8 Å². The van der Waals surface area contributed by atoms with E-state index in [1.54, 1.807) is 24.3 Å². The fourth-order valence-corrected chi connectivity index (χ4v) is 7.82. The van der Waals surface area contributed by atoms with E-state index in [9.17, 15) is 18.0 Å². The largest absolute Gasteiger partial charge is 0.376 e. The van der Waals surface area contributed by atoms with Crippen LogP contribution in [0.3, 0.4) is 0 Å². The number of Topliss-reactive ketones (excluding diaryl/α,β-unsaturated/α-hetero) is 2. The quantitative estimate of drug-likeness (QED) is 0.340. The number of nitrogens with zero attached hydrogens (tertiary/aromatic N) is 1.